The van der Waals surface area contributed by atoms with Crippen LogP contribution in [0.25, 0.3) is 0 Å². The highest BCUT2D eigenvalue weighted by atomic mass is 16.5. The Labute approximate surface area is 109 Å². The number of carbonyl (C=O) groups excluding carboxylic acids is 1. The fourth-order valence-electron chi connectivity index (χ4n) is 2.76. The van der Waals surface area contributed by atoms with Crippen LogP contribution in [0.4, 0.5) is 0 Å². The minimum absolute atomic E-state index is 0.00500. The van der Waals surface area contributed by atoms with Crippen molar-refractivity contribution in [3.05, 3.63) is 35.9 Å². The van der Waals surface area contributed by atoms with Gasteiger partial charge in [0.1, 0.15) is 0 Å². The summed E-state index contributed by atoms with van der Waals surface area (Å²) in [6.45, 7) is 3.82. The highest BCUT2D eigenvalue weighted by Gasteiger charge is 2.29. The maximum Gasteiger partial charge on any atom is 0.309 e. The third-order valence-corrected chi connectivity index (χ3v) is 3.63. The molecular formula is C16H22O2. The van der Waals surface area contributed by atoms with Gasteiger partial charge in [-0.2, -0.15) is 0 Å². The lowest BCUT2D eigenvalue weighted by Crippen LogP contribution is -2.26. The van der Waals surface area contributed by atoms with E-state index in [0.717, 1.165) is 19.3 Å². The first-order chi connectivity index (χ1) is 8.66. The lowest BCUT2D eigenvalue weighted by atomic mass is 9.78. The lowest BCUT2D eigenvalue weighted by Gasteiger charge is -2.28. The van der Waals surface area contributed by atoms with Crippen LogP contribution in [0.5, 0.6) is 0 Å². The van der Waals surface area contributed by atoms with Crippen LogP contribution in [0.3, 0.4) is 0 Å². The van der Waals surface area contributed by atoms with E-state index in [1.165, 1.54) is 12.0 Å². The van der Waals surface area contributed by atoms with Gasteiger partial charge in [-0.15, -0.1) is 0 Å². The lowest BCUT2D eigenvalue weighted by molar-refractivity contribution is -0.153. The molecule has 0 heterocycles. The Kier molecular flexibility index (Phi) is 4.40. The second-order valence-corrected chi connectivity index (χ2v) is 5.46. The first-order valence-corrected chi connectivity index (χ1v) is 6.92. The predicted molar refractivity (Wildman–Crippen MR) is 72.4 cm³/mol. The number of esters is 1. The number of benzene rings is 1. The van der Waals surface area contributed by atoms with Gasteiger partial charge in [0.25, 0.3) is 0 Å². The molecule has 0 spiro atoms. The largest absolute Gasteiger partial charge is 0.463 e. The van der Waals surface area contributed by atoms with Gasteiger partial charge in [0.15, 0.2) is 0 Å². The van der Waals surface area contributed by atoms with Crippen molar-refractivity contribution in [2.45, 2.75) is 51.6 Å². The van der Waals surface area contributed by atoms with Crippen molar-refractivity contribution in [2.24, 2.45) is 5.92 Å². The zero-order chi connectivity index (χ0) is 13.0. The first-order valence-electron chi connectivity index (χ1n) is 6.92. The molecule has 2 heteroatoms. The Bertz CT molecular complexity index is 383. The first kappa shape index (κ1) is 13.1. The maximum absolute atomic E-state index is 12.0. The van der Waals surface area contributed by atoms with E-state index < -0.39 is 0 Å². The Balaban J connectivity index is 1.98. The summed E-state index contributed by atoms with van der Waals surface area (Å²) >= 11 is 0. The summed E-state index contributed by atoms with van der Waals surface area (Å²) in [7, 11) is 0. The molecule has 1 aromatic rings. The van der Waals surface area contributed by atoms with Gasteiger partial charge in [-0.05, 0) is 44.6 Å². The number of hydrogen-bond acceptors (Lipinski definition) is 2. The summed E-state index contributed by atoms with van der Waals surface area (Å²) < 4.78 is 5.33. The molecule has 0 aliphatic heterocycles. The Morgan fingerprint density at radius 1 is 1.22 bits per heavy atom. The molecule has 1 fully saturated rings. The fourth-order valence-corrected chi connectivity index (χ4v) is 2.76. The van der Waals surface area contributed by atoms with E-state index in [0.29, 0.717) is 5.92 Å². The molecule has 0 amide bonds. The highest BCUT2D eigenvalue weighted by Crippen LogP contribution is 2.36. The average Bonchev–Trinajstić information content (AvgIpc) is 2.39. The normalized spacial score (nSPS) is 23.9. The van der Waals surface area contributed by atoms with Crippen molar-refractivity contribution in [3.8, 4) is 0 Å². The van der Waals surface area contributed by atoms with Crippen LogP contribution in [0.15, 0.2) is 30.3 Å². The van der Waals surface area contributed by atoms with Crippen molar-refractivity contribution >= 4 is 5.97 Å². The van der Waals surface area contributed by atoms with Crippen molar-refractivity contribution in [1.82, 2.24) is 0 Å². The summed E-state index contributed by atoms with van der Waals surface area (Å²) in [6.07, 6.45) is 4.23. The second kappa shape index (κ2) is 6.03. The van der Waals surface area contributed by atoms with E-state index in [1.807, 2.05) is 19.9 Å². The van der Waals surface area contributed by atoms with Crippen LogP contribution in [0, 0.1) is 5.92 Å². The third-order valence-electron chi connectivity index (χ3n) is 3.63. The minimum Gasteiger partial charge on any atom is -0.463 e. The van der Waals surface area contributed by atoms with Crippen molar-refractivity contribution in [3.63, 3.8) is 0 Å². The van der Waals surface area contributed by atoms with Gasteiger partial charge in [0, 0.05) is 0 Å². The van der Waals surface area contributed by atoms with E-state index in [2.05, 4.69) is 24.3 Å². The molecule has 0 N–H and O–H groups in total. The monoisotopic (exact) mass is 246 g/mol. The predicted octanol–water partition coefficient (Wildman–Crippen LogP) is 3.91. The molecule has 0 radical (unpaired) electrons. The summed E-state index contributed by atoms with van der Waals surface area (Å²) in [4.78, 5) is 12.0. The summed E-state index contributed by atoms with van der Waals surface area (Å²) in [6, 6.07) is 10.5. The van der Waals surface area contributed by atoms with E-state index in [-0.39, 0.29) is 18.0 Å². The van der Waals surface area contributed by atoms with Crippen LogP contribution in [-0.2, 0) is 9.53 Å². The maximum atomic E-state index is 12.0. The molecule has 0 aromatic heterocycles. The van der Waals surface area contributed by atoms with Gasteiger partial charge in [0.2, 0.25) is 0 Å². The van der Waals surface area contributed by atoms with Crippen LogP contribution in [0.1, 0.15) is 51.0 Å². The molecule has 1 aliphatic carbocycles. The summed E-state index contributed by atoms with van der Waals surface area (Å²) in [5, 5.41) is 0. The van der Waals surface area contributed by atoms with Crippen LogP contribution < -0.4 is 0 Å². The van der Waals surface area contributed by atoms with Crippen molar-refractivity contribution in [1.29, 1.82) is 0 Å². The Morgan fingerprint density at radius 3 is 2.61 bits per heavy atom. The standard InChI is InChI=1S/C16H22O2/c1-12(2)18-16(17)15-10-6-9-14(11-15)13-7-4-3-5-8-13/h3-5,7-8,12,14-15H,6,9-11H2,1-2H3. The molecule has 0 bridgehead atoms. The number of ether oxygens (including phenoxy) is 1. The summed E-state index contributed by atoms with van der Waals surface area (Å²) in [5.41, 5.74) is 1.36. The van der Waals surface area contributed by atoms with Gasteiger partial charge < -0.3 is 4.74 Å². The van der Waals surface area contributed by atoms with E-state index >= 15 is 0 Å². The zero-order valence-electron chi connectivity index (χ0n) is 11.3. The molecule has 1 aliphatic rings. The Hall–Kier alpha value is -1.31. The summed E-state index contributed by atoms with van der Waals surface area (Å²) in [5.74, 6) is 0.599. The quantitative estimate of drug-likeness (QED) is 0.756. The van der Waals surface area contributed by atoms with Crippen molar-refractivity contribution < 1.29 is 9.53 Å². The molecule has 18 heavy (non-hydrogen) atoms. The molecule has 2 unspecified atom stereocenters. The zero-order valence-corrected chi connectivity index (χ0v) is 11.3. The number of carbonyl (C=O) groups is 1. The van der Waals surface area contributed by atoms with E-state index in [4.69, 9.17) is 4.74 Å². The smallest absolute Gasteiger partial charge is 0.309 e. The molecule has 2 atom stereocenters. The topological polar surface area (TPSA) is 26.3 Å². The molecule has 1 saturated carbocycles. The van der Waals surface area contributed by atoms with Crippen LogP contribution in [-0.4, -0.2) is 12.1 Å². The molecule has 2 nitrogen and oxygen atoms in total. The molecular weight excluding hydrogens is 224 g/mol. The molecule has 2 rings (SSSR count). The second-order valence-electron chi connectivity index (χ2n) is 5.46. The van der Waals surface area contributed by atoms with Gasteiger partial charge in [0.05, 0.1) is 12.0 Å². The molecule has 0 saturated heterocycles. The van der Waals surface area contributed by atoms with Gasteiger partial charge in [-0.3, -0.25) is 4.79 Å². The third kappa shape index (κ3) is 3.34. The minimum atomic E-state index is -0.00867. The van der Waals surface area contributed by atoms with Crippen LogP contribution >= 0.6 is 0 Å². The van der Waals surface area contributed by atoms with Gasteiger partial charge >= 0.3 is 5.97 Å². The average molecular weight is 246 g/mol. The highest BCUT2D eigenvalue weighted by molar-refractivity contribution is 5.72. The van der Waals surface area contributed by atoms with Gasteiger partial charge in [-0.1, -0.05) is 36.8 Å². The Morgan fingerprint density at radius 2 is 1.94 bits per heavy atom. The number of hydrogen-bond donors (Lipinski definition) is 0. The fraction of sp³-hybridized carbons (Fsp3) is 0.562. The SMILES string of the molecule is CC(C)OC(=O)C1CCCC(c2ccccc2)C1. The van der Waals surface area contributed by atoms with E-state index in [1.54, 1.807) is 0 Å². The number of rotatable bonds is 3. The van der Waals surface area contributed by atoms with Crippen LogP contribution in [0.2, 0.25) is 0 Å². The molecule has 1 aromatic carbocycles. The van der Waals surface area contributed by atoms with Gasteiger partial charge in [-0.25, -0.2) is 0 Å². The van der Waals surface area contributed by atoms with Crippen molar-refractivity contribution in [2.75, 3.05) is 0 Å². The van der Waals surface area contributed by atoms with E-state index in [9.17, 15) is 4.79 Å². The molecule has 98 valence electrons.